The molecule has 1 rings (SSSR count). The summed E-state index contributed by atoms with van der Waals surface area (Å²) in [7, 11) is 3.41. The minimum atomic E-state index is -0.0675. The number of carbonyl (C=O) groups excluding carboxylic acids is 1. The molecule has 0 radical (unpaired) electrons. The molecule has 0 atom stereocenters. The number of nitrogens with one attached hydrogen (secondary N) is 2. The van der Waals surface area contributed by atoms with Gasteiger partial charge in [0.05, 0.1) is 12.7 Å². The van der Waals surface area contributed by atoms with Crippen molar-refractivity contribution in [3.63, 3.8) is 0 Å². The first-order valence-electron chi connectivity index (χ1n) is 7.41. The Morgan fingerprint density at radius 3 is 2.55 bits per heavy atom. The fourth-order valence-corrected chi connectivity index (χ4v) is 1.53. The van der Waals surface area contributed by atoms with E-state index in [-0.39, 0.29) is 17.9 Å². The zero-order chi connectivity index (χ0) is 16.8. The van der Waals surface area contributed by atoms with Gasteiger partial charge < -0.3 is 20.0 Å². The molecule has 0 aliphatic heterocycles. The largest absolute Gasteiger partial charge is 0.443 e. The molecular formula is C15H27N5O2. The first kappa shape index (κ1) is 18.0. The van der Waals surface area contributed by atoms with E-state index in [2.05, 4.69) is 41.4 Å². The molecule has 1 amide bonds. The summed E-state index contributed by atoms with van der Waals surface area (Å²) in [5.41, 5.74) is -0.0675. The Balaban J connectivity index is 2.62. The second-order valence-corrected chi connectivity index (χ2v) is 6.21. The summed E-state index contributed by atoms with van der Waals surface area (Å²) < 4.78 is 5.71. The number of oxazole rings is 1. The number of guanidine groups is 1. The van der Waals surface area contributed by atoms with Crippen LogP contribution in [0.3, 0.4) is 0 Å². The van der Waals surface area contributed by atoms with Crippen LogP contribution in [0.25, 0.3) is 0 Å². The molecule has 0 aliphatic rings. The van der Waals surface area contributed by atoms with Crippen LogP contribution in [-0.2, 0) is 16.8 Å². The normalized spacial score (nSPS) is 12.2. The van der Waals surface area contributed by atoms with Gasteiger partial charge in [-0.15, -0.1) is 0 Å². The minimum Gasteiger partial charge on any atom is -0.443 e. The van der Waals surface area contributed by atoms with Crippen LogP contribution in [0.4, 0.5) is 0 Å². The second kappa shape index (κ2) is 7.82. The Kier molecular flexibility index (Phi) is 6.39. The van der Waals surface area contributed by atoms with Gasteiger partial charge in [-0.25, -0.2) is 9.98 Å². The molecule has 7 nitrogen and oxygen atoms in total. The summed E-state index contributed by atoms with van der Waals surface area (Å²) in [6, 6.07) is 0. The summed E-state index contributed by atoms with van der Waals surface area (Å²) in [4.78, 5) is 21.6. The van der Waals surface area contributed by atoms with Gasteiger partial charge in [-0.05, 0) is 6.92 Å². The highest BCUT2D eigenvalue weighted by Crippen LogP contribution is 2.22. The molecule has 0 aliphatic carbocycles. The molecule has 0 bridgehead atoms. The number of rotatable bonds is 5. The van der Waals surface area contributed by atoms with Crippen LogP contribution in [0.5, 0.6) is 0 Å². The third-order valence-corrected chi connectivity index (χ3v) is 2.92. The third kappa shape index (κ3) is 5.75. The van der Waals surface area contributed by atoms with Crippen molar-refractivity contribution in [3.8, 4) is 0 Å². The van der Waals surface area contributed by atoms with Crippen molar-refractivity contribution < 1.29 is 9.21 Å². The third-order valence-electron chi connectivity index (χ3n) is 2.92. The van der Waals surface area contributed by atoms with Gasteiger partial charge in [0.25, 0.3) is 0 Å². The van der Waals surface area contributed by atoms with Gasteiger partial charge in [-0.2, -0.15) is 0 Å². The van der Waals surface area contributed by atoms with Gasteiger partial charge in [0.1, 0.15) is 12.3 Å². The van der Waals surface area contributed by atoms with Gasteiger partial charge in [0.2, 0.25) is 11.8 Å². The van der Waals surface area contributed by atoms with E-state index < -0.39 is 0 Å². The highest BCUT2D eigenvalue weighted by atomic mass is 16.4. The van der Waals surface area contributed by atoms with E-state index in [0.29, 0.717) is 24.9 Å². The topological polar surface area (TPSA) is 82.8 Å². The number of carbonyl (C=O) groups is 1. The molecule has 1 heterocycles. The van der Waals surface area contributed by atoms with E-state index in [1.54, 1.807) is 20.3 Å². The first-order valence-corrected chi connectivity index (χ1v) is 7.41. The molecule has 0 saturated carbocycles. The van der Waals surface area contributed by atoms with Gasteiger partial charge in [-0.3, -0.25) is 4.79 Å². The van der Waals surface area contributed by atoms with Crippen molar-refractivity contribution in [2.24, 2.45) is 4.99 Å². The number of nitrogens with zero attached hydrogens (tertiary/aromatic N) is 3. The van der Waals surface area contributed by atoms with Crippen LogP contribution >= 0.6 is 0 Å². The lowest BCUT2D eigenvalue weighted by Crippen LogP contribution is -2.38. The van der Waals surface area contributed by atoms with Gasteiger partial charge in [-0.1, -0.05) is 20.8 Å². The van der Waals surface area contributed by atoms with Crippen LogP contribution < -0.4 is 10.6 Å². The predicted octanol–water partition coefficient (Wildman–Crippen LogP) is 1.12. The maximum atomic E-state index is 11.6. The molecule has 0 saturated heterocycles. The van der Waals surface area contributed by atoms with Crippen LogP contribution in [0.1, 0.15) is 39.3 Å². The number of likely N-dealkylation sites (N-methyl/N-ethyl adjacent to an activating group) is 1. The number of aliphatic imine (C=N–C) groups is 1. The van der Waals surface area contributed by atoms with Gasteiger partial charge >= 0.3 is 0 Å². The van der Waals surface area contributed by atoms with Crippen LogP contribution in [0, 0.1) is 0 Å². The van der Waals surface area contributed by atoms with E-state index in [1.807, 2.05) is 6.92 Å². The van der Waals surface area contributed by atoms with Crippen molar-refractivity contribution in [2.75, 3.05) is 27.2 Å². The highest BCUT2D eigenvalue weighted by molar-refractivity contribution is 5.84. The summed E-state index contributed by atoms with van der Waals surface area (Å²) in [5, 5.41) is 6.19. The maximum Gasteiger partial charge on any atom is 0.243 e. The average Bonchev–Trinajstić information content (AvgIpc) is 2.90. The smallest absolute Gasteiger partial charge is 0.243 e. The molecule has 22 heavy (non-hydrogen) atoms. The van der Waals surface area contributed by atoms with Crippen LogP contribution in [0.2, 0.25) is 0 Å². The highest BCUT2D eigenvalue weighted by Gasteiger charge is 2.19. The lowest BCUT2D eigenvalue weighted by Gasteiger charge is -2.13. The lowest BCUT2D eigenvalue weighted by molar-refractivity contribution is -0.127. The van der Waals surface area contributed by atoms with Crippen LogP contribution in [-0.4, -0.2) is 48.9 Å². The summed E-state index contributed by atoms with van der Waals surface area (Å²) >= 11 is 0. The Labute approximate surface area is 132 Å². The number of amides is 1. The zero-order valence-corrected chi connectivity index (χ0v) is 14.4. The molecule has 0 spiro atoms. The number of hydrogen-bond donors (Lipinski definition) is 2. The quantitative estimate of drug-likeness (QED) is 0.629. The monoisotopic (exact) mass is 309 g/mol. The average molecular weight is 309 g/mol. The molecule has 1 aromatic heterocycles. The molecular weight excluding hydrogens is 282 g/mol. The van der Waals surface area contributed by atoms with E-state index in [9.17, 15) is 4.79 Å². The maximum absolute atomic E-state index is 11.6. The summed E-state index contributed by atoms with van der Waals surface area (Å²) in [6.45, 7) is 9.41. The van der Waals surface area contributed by atoms with Crippen molar-refractivity contribution in [2.45, 2.75) is 39.7 Å². The molecule has 0 fully saturated rings. The van der Waals surface area contributed by atoms with Crippen LogP contribution in [0.15, 0.2) is 15.6 Å². The number of aromatic nitrogens is 1. The van der Waals surface area contributed by atoms with Crippen molar-refractivity contribution >= 4 is 11.9 Å². The zero-order valence-electron chi connectivity index (χ0n) is 14.4. The lowest BCUT2D eigenvalue weighted by atomic mass is 9.94. The van der Waals surface area contributed by atoms with E-state index in [4.69, 9.17) is 4.42 Å². The summed E-state index contributed by atoms with van der Waals surface area (Å²) in [6.07, 6.45) is 1.75. The molecule has 124 valence electrons. The molecule has 1 aromatic rings. The molecule has 0 unspecified atom stereocenters. The first-order chi connectivity index (χ1) is 10.2. The molecule has 2 N–H and O–H groups in total. The van der Waals surface area contributed by atoms with E-state index >= 15 is 0 Å². The van der Waals surface area contributed by atoms with Gasteiger partial charge in [0, 0.05) is 26.1 Å². The summed E-state index contributed by atoms with van der Waals surface area (Å²) in [5.74, 6) is 1.94. The van der Waals surface area contributed by atoms with Gasteiger partial charge in [0.15, 0.2) is 5.96 Å². The van der Waals surface area contributed by atoms with Crippen molar-refractivity contribution in [3.05, 3.63) is 17.8 Å². The Hall–Kier alpha value is -2.05. The van der Waals surface area contributed by atoms with Crippen molar-refractivity contribution in [1.29, 1.82) is 0 Å². The standard InChI is InChI=1S/C15H27N5O2/c1-7-16-14(19-10-13(21)20(5)6)18-9-12-17-8-11(22-12)15(2,3)4/h8H,7,9-10H2,1-6H3,(H2,16,18,19). The Morgan fingerprint density at radius 2 is 2.05 bits per heavy atom. The predicted molar refractivity (Wildman–Crippen MR) is 86.7 cm³/mol. The van der Waals surface area contributed by atoms with Crippen molar-refractivity contribution in [1.82, 2.24) is 20.5 Å². The van der Waals surface area contributed by atoms with E-state index in [0.717, 1.165) is 5.76 Å². The number of hydrogen-bond acceptors (Lipinski definition) is 4. The Morgan fingerprint density at radius 1 is 1.36 bits per heavy atom. The van der Waals surface area contributed by atoms with E-state index in [1.165, 1.54) is 4.90 Å². The minimum absolute atomic E-state index is 0.0525. The molecule has 7 heteroatoms. The SMILES string of the molecule is CCNC(=NCC(=O)N(C)C)NCc1ncc(C(C)(C)C)o1. The molecule has 0 aromatic carbocycles. The Bertz CT molecular complexity index is 514. The fourth-order valence-electron chi connectivity index (χ4n) is 1.53. The second-order valence-electron chi connectivity index (χ2n) is 6.21. The fraction of sp³-hybridized carbons (Fsp3) is 0.667.